The van der Waals surface area contributed by atoms with Crippen molar-refractivity contribution in [2.75, 3.05) is 52.4 Å². The molecule has 3 heterocycles. The lowest BCUT2D eigenvalue weighted by Crippen LogP contribution is -2.49. The third kappa shape index (κ3) is 5.09. The van der Waals surface area contributed by atoms with E-state index in [0.29, 0.717) is 23.0 Å². The summed E-state index contributed by atoms with van der Waals surface area (Å²) < 4.78 is 1.64. The van der Waals surface area contributed by atoms with Crippen LogP contribution in [0.3, 0.4) is 0 Å². The monoisotopic (exact) mass is 488 g/mol. The van der Waals surface area contributed by atoms with E-state index < -0.39 is 5.97 Å². The van der Waals surface area contributed by atoms with Crippen molar-refractivity contribution >= 4 is 16.7 Å². The number of aromatic nitrogens is 1. The second-order valence-electron chi connectivity index (χ2n) is 10.1. The second kappa shape index (κ2) is 10.9. The number of hydrogen-bond acceptors (Lipinski definition) is 5. The number of carboxylic acid groups (broad SMARTS) is 1. The van der Waals surface area contributed by atoms with E-state index in [9.17, 15) is 14.7 Å². The Labute approximate surface area is 212 Å². The van der Waals surface area contributed by atoms with Crippen LogP contribution in [0.15, 0.2) is 53.3 Å². The first-order chi connectivity index (χ1) is 17.5. The van der Waals surface area contributed by atoms with Crippen LogP contribution in [0.1, 0.15) is 40.9 Å². The van der Waals surface area contributed by atoms with Crippen LogP contribution >= 0.6 is 0 Å². The molecule has 2 saturated heterocycles. The minimum atomic E-state index is -0.997. The van der Waals surface area contributed by atoms with E-state index >= 15 is 0 Å². The minimum Gasteiger partial charge on any atom is -0.478 e. The highest BCUT2D eigenvalue weighted by molar-refractivity contribution is 6.04. The third-order valence-corrected chi connectivity index (χ3v) is 7.78. The molecule has 0 atom stereocenters. The molecule has 1 aromatic heterocycles. The van der Waals surface area contributed by atoms with Gasteiger partial charge >= 0.3 is 5.97 Å². The normalized spacial score (nSPS) is 18.0. The van der Waals surface area contributed by atoms with E-state index in [1.54, 1.807) is 28.8 Å². The molecule has 0 unspecified atom stereocenters. The molecule has 2 aromatic carbocycles. The largest absolute Gasteiger partial charge is 0.478 e. The number of aromatic carboxylic acids is 1. The first-order valence-corrected chi connectivity index (χ1v) is 13.2. The van der Waals surface area contributed by atoms with Crippen molar-refractivity contribution in [2.24, 2.45) is 0 Å². The summed E-state index contributed by atoms with van der Waals surface area (Å²) in [6.07, 6.45) is 3.98. The molecule has 36 heavy (non-hydrogen) atoms. The van der Waals surface area contributed by atoms with Crippen molar-refractivity contribution in [3.05, 3.63) is 75.7 Å². The van der Waals surface area contributed by atoms with Gasteiger partial charge in [-0.2, -0.15) is 0 Å². The molecule has 0 amide bonds. The number of rotatable bonds is 7. The fourth-order valence-electron chi connectivity index (χ4n) is 5.70. The van der Waals surface area contributed by atoms with E-state index in [-0.39, 0.29) is 11.1 Å². The number of likely N-dealkylation sites (tertiary alicyclic amines) is 1. The molecule has 2 aliphatic heterocycles. The van der Waals surface area contributed by atoms with Gasteiger partial charge < -0.3 is 10.0 Å². The summed E-state index contributed by atoms with van der Waals surface area (Å²) in [5.74, 6) is -0.997. The van der Waals surface area contributed by atoms with Gasteiger partial charge in [-0.3, -0.25) is 19.2 Å². The smallest absolute Gasteiger partial charge is 0.338 e. The summed E-state index contributed by atoms with van der Waals surface area (Å²) in [6, 6.07) is 14.8. The van der Waals surface area contributed by atoms with E-state index in [0.717, 1.165) is 50.5 Å². The summed E-state index contributed by atoms with van der Waals surface area (Å²) in [6.45, 7) is 10.7. The summed E-state index contributed by atoms with van der Waals surface area (Å²) in [5.41, 5.74) is 2.30. The maximum Gasteiger partial charge on any atom is 0.338 e. The van der Waals surface area contributed by atoms with E-state index in [1.807, 2.05) is 31.2 Å². The number of carbonyl (C=O) groups is 1. The maximum atomic E-state index is 13.7. The molecule has 2 fully saturated rings. The average molecular weight is 489 g/mol. The molecule has 0 saturated carbocycles. The van der Waals surface area contributed by atoms with Gasteiger partial charge in [-0.05, 0) is 50.6 Å². The van der Waals surface area contributed by atoms with Crippen LogP contribution in [-0.2, 0) is 6.54 Å². The summed E-state index contributed by atoms with van der Waals surface area (Å²) in [7, 11) is 0. The van der Waals surface area contributed by atoms with Gasteiger partial charge in [0.05, 0.1) is 16.9 Å². The first-order valence-electron chi connectivity index (χ1n) is 13.2. The van der Waals surface area contributed by atoms with Crippen LogP contribution in [0.5, 0.6) is 0 Å². The fourth-order valence-corrected chi connectivity index (χ4v) is 5.70. The van der Waals surface area contributed by atoms with Gasteiger partial charge in [-0.1, -0.05) is 42.8 Å². The Bertz CT molecular complexity index is 1290. The SMILES string of the molecule is Cc1ccccc1-n1c(CN2CCN(CCN3CCCCC3)CC2)c(C(=O)O)c2ccccc2c1=O. The lowest BCUT2D eigenvalue weighted by atomic mass is 10.0. The highest BCUT2D eigenvalue weighted by atomic mass is 16.4. The van der Waals surface area contributed by atoms with E-state index in [4.69, 9.17) is 0 Å². The maximum absolute atomic E-state index is 13.7. The number of fused-ring (bicyclic) bond motifs is 1. The lowest BCUT2D eigenvalue weighted by Gasteiger charge is -2.37. The van der Waals surface area contributed by atoms with Gasteiger partial charge in [-0.15, -0.1) is 0 Å². The van der Waals surface area contributed by atoms with Crippen molar-refractivity contribution < 1.29 is 9.90 Å². The van der Waals surface area contributed by atoms with Gasteiger partial charge in [0.2, 0.25) is 0 Å². The first kappa shape index (κ1) is 24.7. The van der Waals surface area contributed by atoms with Crippen LogP contribution in [0, 0.1) is 6.92 Å². The van der Waals surface area contributed by atoms with Crippen molar-refractivity contribution in [1.29, 1.82) is 0 Å². The summed E-state index contributed by atoms with van der Waals surface area (Å²) in [5, 5.41) is 11.3. The van der Waals surface area contributed by atoms with Crippen LogP contribution in [0.4, 0.5) is 0 Å². The topological polar surface area (TPSA) is 69.0 Å². The molecule has 7 heteroatoms. The second-order valence-corrected chi connectivity index (χ2v) is 10.1. The standard InChI is InChI=1S/C29H36N4O3/c1-22-9-3-6-12-25(22)33-26(27(29(35)36)23-10-4-5-11-24(23)28(33)34)21-32-19-17-31(18-20-32)16-15-30-13-7-2-8-14-30/h3-6,9-12H,2,7-8,13-21H2,1H3,(H,35,36). The number of para-hydroxylation sites is 1. The number of nitrogens with zero attached hydrogens (tertiary/aromatic N) is 4. The molecule has 2 aliphatic rings. The zero-order valence-corrected chi connectivity index (χ0v) is 21.2. The fraction of sp³-hybridized carbons (Fsp3) is 0.448. The Morgan fingerprint density at radius 2 is 1.36 bits per heavy atom. The Morgan fingerprint density at radius 3 is 2.03 bits per heavy atom. The van der Waals surface area contributed by atoms with Crippen LogP contribution in [-0.4, -0.2) is 82.7 Å². The summed E-state index contributed by atoms with van der Waals surface area (Å²) in [4.78, 5) is 33.7. The number of hydrogen-bond donors (Lipinski definition) is 1. The van der Waals surface area contributed by atoms with Gasteiger partial charge in [0.1, 0.15) is 0 Å². The Kier molecular flexibility index (Phi) is 7.51. The molecule has 3 aromatic rings. The van der Waals surface area contributed by atoms with E-state index in [2.05, 4.69) is 14.7 Å². The predicted octanol–water partition coefficient (Wildman–Crippen LogP) is 3.60. The highest BCUT2D eigenvalue weighted by Crippen LogP contribution is 2.25. The molecule has 7 nitrogen and oxygen atoms in total. The predicted molar refractivity (Wildman–Crippen MR) is 143 cm³/mol. The Morgan fingerprint density at radius 1 is 0.778 bits per heavy atom. The molecule has 0 radical (unpaired) electrons. The number of pyridine rings is 1. The van der Waals surface area contributed by atoms with Crippen LogP contribution in [0.2, 0.25) is 0 Å². The number of aryl methyl sites for hydroxylation is 1. The molecule has 0 spiro atoms. The molecule has 0 aliphatic carbocycles. The van der Waals surface area contributed by atoms with Crippen molar-refractivity contribution in [1.82, 2.24) is 19.3 Å². The van der Waals surface area contributed by atoms with Gasteiger partial charge in [0.25, 0.3) is 5.56 Å². The van der Waals surface area contributed by atoms with Crippen LogP contribution in [0.25, 0.3) is 16.5 Å². The third-order valence-electron chi connectivity index (χ3n) is 7.78. The van der Waals surface area contributed by atoms with Crippen molar-refractivity contribution in [2.45, 2.75) is 32.7 Å². The number of piperazine rings is 1. The lowest BCUT2D eigenvalue weighted by molar-refractivity contribution is 0.0693. The molecular formula is C29H36N4O3. The molecule has 0 bridgehead atoms. The highest BCUT2D eigenvalue weighted by Gasteiger charge is 2.26. The number of carboxylic acids is 1. The average Bonchev–Trinajstić information content (AvgIpc) is 2.90. The molecule has 1 N–H and O–H groups in total. The molecule has 5 rings (SSSR count). The van der Waals surface area contributed by atoms with Gasteiger partial charge in [0.15, 0.2) is 0 Å². The summed E-state index contributed by atoms with van der Waals surface area (Å²) >= 11 is 0. The number of piperidine rings is 1. The Hall–Kier alpha value is -3.00. The zero-order chi connectivity index (χ0) is 25.1. The van der Waals surface area contributed by atoms with Crippen molar-refractivity contribution in [3.63, 3.8) is 0 Å². The number of benzene rings is 2. The molecular weight excluding hydrogens is 452 g/mol. The van der Waals surface area contributed by atoms with Crippen LogP contribution < -0.4 is 5.56 Å². The van der Waals surface area contributed by atoms with Crippen molar-refractivity contribution in [3.8, 4) is 5.69 Å². The quantitative estimate of drug-likeness (QED) is 0.548. The van der Waals surface area contributed by atoms with Gasteiger partial charge in [-0.25, -0.2) is 4.79 Å². The zero-order valence-electron chi connectivity index (χ0n) is 21.2. The van der Waals surface area contributed by atoms with Gasteiger partial charge in [0, 0.05) is 56.6 Å². The minimum absolute atomic E-state index is 0.167. The Balaban J connectivity index is 1.43. The molecule has 190 valence electrons. The van der Waals surface area contributed by atoms with E-state index in [1.165, 1.54) is 32.4 Å².